The Labute approximate surface area is 216 Å². The van der Waals surface area contributed by atoms with Crippen LogP contribution in [0, 0.1) is 13.8 Å². The third kappa shape index (κ3) is 6.79. The molecule has 1 aliphatic rings. The second-order valence-corrected chi connectivity index (χ2v) is 9.99. The van der Waals surface area contributed by atoms with Crippen LogP contribution >= 0.6 is 11.3 Å². The Morgan fingerprint density at radius 2 is 1.78 bits per heavy atom. The molecular weight excluding hydrogens is 507 g/mol. The van der Waals surface area contributed by atoms with Crippen LogP contribution in [0.4, 0.5) is 13.2 Å². The Morgan fingerprint density at radius 3 is 2.35 bits per heavy atom. The van der Waals surface area contributed by atoms with Gasteiger partial charge in [-0.3, -0.25) is 9.59 Å². The van der Waals surface area contributed by atoms with Crippen LogP contribution in [-0.2, 0) is 11.2 Å². The molecule has 0 aliphatic carbocycles. The molecule has 2 aromatic carbocycles. The molecule has 7 nitrogen and oxygen atoms in total. The summed E-state index contributed by atoms with van der Waals surface area (Å²) in [6.07, 6.45) is -3.75. The molecular formula is C26H26F3N3O4S. The Balaban J connectivity index is 1.34. The first-order chi connectivity index (χ1) is 17.5. The van der Waals surface area contributed by atoms with Crippen LogP contribution in [0.5, 0.6) is 11.5 Å². The van der Waals surface area contributed by atoms with Gasteiger partial charge in [0, 0.05) is 25.9 Å². The van der Waals surface area contributed by atoms with E-state index in [9.17, 15) is 22.8 Å². The number of aryl methyl sites for hydroxylation is 2. The normalized spacial score (nSPS) is 14.5. The third-order valence-electron chi connectivity index (χ3n) is 6.01. The number of nitrogens with two attached hydrogens (primary N) is 1. The molecule has 4 rings (SSSR count). The predicted molar refractivity (Wildman–Crippen MR) is 133 cm³/mol. The summed E-state index contributed by atoms with van der Waals surface area (Å²) in [6, 6.07) is 10.6. The summed E-state index contributed by atoms with van der Waals surface area (Å²) in [4.78, 5) is 32.0. The van der Waals surface area contributed by atoms with Gasteiger partial charge in [-0.1, -0.05) is 12.1 Å². The van der Waals surface area contributed by atoms with E-state index in [0.29, 0.717) is 42.8 Å². The number of rotatable bonds is 7. The standard InChI is InChI=1S/C26H26F3N3O4S/c1-15-24(37-16(2)31-15)18-5-8-22(21(14-18)25(30)34)35-19-9-11-32(12-10-19)23(33)13-17-3-6-20(7-4-17)36-26(27,28)29/h3-8,14,19H,9-13H2,1-2H3,(H2,30,34). The number of primary amides is 1. The second-order valence-electron chi connectivity index (χ2n) is 8.79. The number of hydrogen-bond acceptors (Lipinski definition) is 6. The van der Waals surface area contributed by atoms with Crippen LogP contribution in [0.1, 0.15) is 39.5 Å². The average Bonchev–Trinajstić information content (AvgIpc) is 3.17. The topological polar surface area (TPSA) is 94.8 Å². The number of carbonyl (C=O) groups is 2. The highest BCUT2D eigenvalue weighted by Crippen LogP contribution is 2.34. The zero-order valence-corrected chi connectivity index (χ0v) is 21.1. The SMILES string of the molecule is Cc1nc(C)c(-c2ccc(OC3CCN(C(=O)Cc4ccc(OC(F)(F)F)cc4)CC3)c(C(N)=O)c2)s1. The van der Waals surface area contributed by atoms with Gasteiger partial charge in [0.2, 0.25) is 5.91 Å². The molecule has 0 radical (unpaired) electrons. The Bertz CT molecular complexity index is 1280. The Hall–Kier alpha value is -3.60. The van der Waals surface area contributed by atoms with Crippen LogP contribution in [0.15, 0.2) is 42.5 Å². The molecule has 1 fully saturated rings. The van der Waals surface area contributed by atoms with Gasteiger partial charge >= 0.3 is 6.36 Å². The zero-order chi connectivity index (χ0) is 26.7. The average molecular weight is 534 g/mol. The van der Waals surface area contributed by atoms with Gasteiger partial charge in [-0.25, -0.2) is 4.98 Å². The number of aromatic nitrogens is 1. The fourth-order valence-electron chi connectivity index (χ4n) is 4.26. The lowest BCUT2D eigenvalue weighted by Gasteiger charge is -2.32. The fourth-order valence-corrected chi connectivity index (χ4v) is 5.18. The van der Waals surface area contributed by atoms with E-state index in [2.05, 4.69) is 9.72 Å². The first-order valence-electron chi connectivity index (χ1n) is 11.7. The van der Waals surface area contributed by atoms with Gasteiger partial charge in [-0.15, -0.1) is 24.5 Å². The van der Waals surface area contributed by atoms with E-state index in [1.165, 1.54) is 24.3 Å². The smallest absolute Gasteiger partial charge is 0.489 e. The molecule has 1 aliphatic heterocycles. The Kier molecular flexibility index (Phi) is 7.72. The molecule has 11 heteroatoms. The lowest BCUT2D eigenvalue weighted by molar-refractivity contribution is -0.274. The van der Waals surface area contributed by atoms with Crippen molar-refractivity contribution in [3.05, 3.63) is 64.3 Å². The van der Waals surface area contributed by atoms with Crippen molar-refractivity contribution in [3.63, 3.8) is 0 Å². The van der Waals surface area contributed by atoms with E-state index >= 15 is 0 Å². The van der Waals surface area contributed by atoms with Crippen molar-refractivity contribution in [1.82, 2.24) is 9.88 Å². The second kappa shape index (κ2) is 10.8. The fraction of sp³-hybridized carbons (Fsp3) is 0.346. The van der Waals surface area contributed by atoms with E-state index < -0.39 is 12.3 Å². The van der Waals surface area contributed by atoms with E-state index in [1.807, 2.05) is 19.9 Å². The minimum atomic E-state index is -4.76. The molecule has 2 amide bonds. The van der Waals surface area contributed by atoms with E-state index in [4.69, 9.17) is 10.5 Å². The predicted octanol–water partition coefficient (Wildman–Crippen LogP) is 5.04. The molecule has 1 saturated heterocycles. The lowest BCUT2D eigenvalue weighted by atomic mass is 10.0. The summed E-state index contributed by atoms with van der Waals surface area (Å²) < 4.78 is 46.9. The van der Waals surface area contributed by atoms with Crippen molar-refractivity contribution >= 4 is 23.2 Å². The van der Waals surface area contributed by atoms with Crippen LogP contribution < -0.4 is 15.2 Å². The molecule has 0 spiro atoms. The van der Waals surface area contributed by atoms with Crippen molar-refractivity contribution in [2.45, 2.75) is 45.6 Å². The van der Waals surface area contributed by atoms with Gasteiger partial charge in [0.25, 0.3) is 5.91 Å². The molecule has 3 aromatic rings. The minimum absolute atomic E-state index is 0.0710. The van der Waals surface area contributed by atoms with Crippen molar-refractivity contribution < 1.29 is 32.2 Å². The van der Waals surface area contributed by atoms with Gasteiger partial charge in [0.1, 0.15) is 17.6 Å². The molecule has 196 valence electrons. The number of alkyl halides is 3. The summed E-state index contributed by atoms with van der Waals surface area (Å²) in [5.41, 5.74) is 8.25. The highest BCUT2D eigenvalue weighted by atomic mass is 32.1. The van der Waals surface area contributed by atoms with Gasteiger partial charge in [-0.2, -0.15) is 0 Å². The summed E-state index contributed by atoms with van der Waals surface area (Å²) in [6.45, 7) is 4.76. The van der Waals surface area contributed by atoms with Crippen molar-refractivity contribution in [3.8, 4) is 21.9 Å². The number of amides is 2. The number of piperidine rings is 1. The minimum Gasteiger partial charge on any atom is -0.489 e. The van der Waals surface area contributed by atoms with Crippen LogP contribution in [0.25, 0.3) is 10.4 Å². The summed E-state index contributed by atoms with van der Waals surface area (Å²) >= 11 is 1.54. The number of hydrogen-bond donors (Lipinski definition) is 1. The number of ether oxygens (including phenoxy) is 2. The van der Waals surface area contributed by atoms with E-state index in [-0.39, 0.29) is 24.2 Å². The van der Waals surface area contributed by atoms with Gasteiger partial charge in [-0.05, 0) is 55.3 Å². The van der Waals surface area contributed by atoms with Crippen molar-refractivity contribution in [1.29, 1.82) is 0 Å². The van der Waals surface area contributed by atoms with E-state index in [1.54, 1.807) is 28.4 Å². The lowest BCUT2D eigenvalue weighted by Crippen LogP contribution is -2.42. The van der Waals surface area contributed by atoms with Gasteiger partial charge in [0.15, 0.2) is 0 Å². The number of carbonyl (C=O) groups excluding carboxylic acids is 2. The van der Waals surface area contributed by atoms with Gasteiger partial charge < -0.3 is 20.1 Å². The highest BCUT2D eigenvalue weighted by Gasteiger charge is 2.31. The number of nitrogens with zero attached hydrogens (tertiary/aromatic N) is 2. The highest BCUT2D eigenvalue weighted by molar-refractivity contribution is 7.15. The van der Waals surface area contributed by atoms with Crippen LogP contribution in [-0.4, -0.2) is 47.3 Å². The maximum Gasteiger partial charge on any atom is 0.573 e. The Morgan fingerprint density at radius 1 is 1.11 bits per heavy atom. The first-order valence-corrected chi connectivity index (χ1v) is 12.5. The quantitative estimate of drug-likeness (QED) is 0.459. The first kappa shape index (κ1) is 26.5. The molecule has 37 heavy (non-hydrogen) atoms. The van der Waals surface area contributed by atoms with Crippen LogP contribution in [0.3, 0.4) is 0 Å². The maximum absolute atomic E-state index is 12.7. The van der Waals surface area contributed by atoms with Crippen molar-refractivity contribution in [2.24, 2.45) is 5.73 Å². The number of halogens is 3. The van der Waals surface area contributed by atoms with Crippen molar-refractivity contribution in [2.75, 3.05) is 13.1 Å². The summed E-state index contributed by atoms with van der Waals surface area (Å²) in [5.74, 6) is -0.640. The summed E-state index contributed by atoms with van der Waals surface area (Å²) in [7, 11) is 0. The number of thiazole rings is 1. The van der Waals surface area contributed by atoms with Gasteiger partial charge in [0.05, 0.1) is 27.6 Å². The van der Waals surface area contributed by atoms with E-state index in [0.717, 1.165) is 21.1 Å². The molecule has 0 bridgehead atoms. The van der Waals surface area contributed by atoms with Crippen LogP contribution in [0.2, 0.25) is 0 Å². The molecule has 0 unspecified atom stereocenters. The largest absolute Gasteiger partial charge is 0.573 e. The third-order valence-corrected chi connectivity index (χ3v) is 7.13. The molecule has 1 aromatic heterocycles. The summed E-state index contributed by atoms with van der Waals surface area (Å²) in [5, 5.41) is 0.933. The monoisotopic (exact) mass is 533 g/mol. The molecule has 2 heterocycles. The number of likely N-dealkylation sites (tertiary alicyclic amines) is 1. The molecule has 2 N–H and O–H groups in total. The molecule has 0 saturated carbocycles. The maximum atomic E-state index is 12.7. The molecule has 0 atom stereocenters. The number of benzene rings is 2. The zero-order valence-electron chi connectivity index (χ0n) is 20.3.